The van der Waals surface area contributed by atoms with Crippen molar-refractivity contribution in [1.29, 1.82) is 0 Å². The van der Waals surface area contributed by atoms with Crippen LogP contribution in [0.1, 0.15) is 48.5 Å². The van der Waals surface area contributed by atoms with Crippen LogP contribution in [0.25, 0.3) is 43.1 Å². The van der Waals surface area contributed by atoms with Crippen molar-refractivity contribution in [1.82, 2.24) is 0 Å². The van der Waals surface area contributed by atoms with E-state index in [0.29, 0.717) is 11.7 Å². The number of hydrogen-bond acceptors (Lipinski definition) is 1. The third-order valence-electron chi connectivity index (χ3n) is 6.94. The molecule has 0 unspecified atom stereocenters. The molecule has 0 fully saturated rings. The van der Waals surface area contributed by atoms with Gasteiger partial charge in [-0.15, -0.1) is 0 Å². The van der Waals surface area contributed by atoms with E-state index in [-0.39, 0.29) is 5.92 Å². The molecule has 6 rings (SSSR count). The highest BCUT2D eigenvalue weighted by Crippen LogP contribution is 2.48. The van der Waals surface area contributed by atoms with Gasteiger partial charge in [-0.2, -0.15) is 0 Å². The quantitative estimate of drug-likeness (QED) is 0.235. The van der Waals surface area contributed by atoms with E-state index >= 15 is 0 Å². The number of rotatable bonds is 2. The molecule has 0 saturated heterocycles. The Labute approximate surface area is 164 Å². The Hall–Kier alpha value is -2.93. The number of Topliss-reactive ketones (excluding diaryl/α,β-unsaturated/α-hetero) is 1. The molecule has 136 valence electrons. The Kier molecular flexibility index (Phi) is 3.18. The molecule has 0 radical (unpaired) electrons. The van der Waals surface area contributed by atoms with Crippen molar-refractivity contribution in [3.63, 3.8) is 0 Å². The second-order valence-corrected chi connectivity index (χ2v) is 8.37. The average Bonchev–Trinajstić information content (AvgIpc) is 2.96. The van der Waals surface area contributed by atoms with Crippen LogP contribution in [0, 0.1) is 5.92 Å². The van der Waals surface area contributed by atoms with E-state index in [2.05, 4.69) is 74.5 Å². The van der Waals surface area contributed by atoms with Crippen LogP contribution in [0.3, 0.4) is 0 Å². The zero-order valence-electron chi connectivity index (χ0n) is 16.3. The number of carbonyl (C=O) groups is 1. The second kappa shape index (κ2) is 5.54. The van der Waals surface area contributed by atoms with Gasteiger partial charge in [0.15, 0.2) is 5.78 Å². The van der Waals surface area contributed by atoms with Gasteiger partial charge in [-0.05, 0) is 67.1 Å². The summed E-state index contributed by atoms with van der Waals surface area (Å²) in [5.74, 6) is 0.748. The summed E-state index contributed by atoms with van der Waals surface area (Å²) in [6.07, 6.45) is 2.18. The molecule has 1 aliphatic rings. The fourth-order valence-corrected chi connectivity index (χ4v) is 5.70. The molecule has 1 heteroatoms. The highest BCUT2D eigenvalue weighted by molar-refractivity contribution is 6.35. The van der Waals surface area contributed by atoms with Crippen LogP contribution in [-0.4, -0.2) is 5.78 Å². The molecular weight excluding hydrogens is 340 g/mol. The van der Waals surface area contributed by atoms with E-state index in [0.717, 1.165) is 23.8 Å². The molecule has 0 bridgehead atoms. The van der Waals surface area contributed by atoms with Crippen LogP contribution in [-0.2, 0) is 0 Å². The average molecular weight is 362 g/mol. The first kappa shape index (κ1) is 16.1. The van der Waals surface area contributed by atoms with E-state index in [1.807, 2.05) is 0 Å². The van der Waals surface area contributed by atoms with Crippen molar-refractivity contribution in [3.8, 4) is 0 Å². The van der Waals surface area contributed by atoms with Crippen LogP contribution in [0.15, 0.2) is 60.7 Å². The molecular formula is C27H22O. The summed E-state index contributed by atoms with van der Waals surface area (Å²) < 4.78 is 0. The molecule has 0 spiro atoms. The van der Waals surface area contributed by atoms with Crippen molar-refractivity contribution >= 4 is 48.9 Å². The predicted octanol–water partition coefficient (Wildman–Crippen LogP) is 7.45. The van der Waals surface area contributed by atoms with E-state index in [9.17, 15) is 4.79 Å². The van der Waals surface area contributed by atoms with Crippen LogP contribution >= 0.6 is 0 Å². The number of ketones is 1. The van der Waals surface area contributed by atoms with Crippen LogP contribution in [0.4, 0.5) is 0 Å². The number of benzene rings is 5. The van der Waals surface area contributed by atoms with E-state index in [4.69, 9.17) is 0 Å². The van der Waals surface area contributed by atoms with Gasteiger partial charge in [-0.3, -0.25) is 4.79 Å². The second-order valence-electron chi connectivity index (χ2n) is 8.37. The molecule has 0 saturated carbocycles. The van der Waals surface area contributed by atoms with Gasteiger partial charge < -0.3 is 0 Å². The Bertz CT molecular complexity index is 1400. The first-order chi connectivity index (χ1) is 13.7. The molecule has 0 aromatic heterocycles. The summed E-state index contributed by atoms with van der Waals surface area (Å²) in [5.41, 5.74) is 2.26. The minimum atomic E-state index is 0.0796. The lowest BCUT2D eigenvalue weighted by Gasteiger charge is -2.18. The van der Waals surface area contributed by atoms with Gasteiger partial charge in [0.1, 0.15) is 0 Å². The monoisotopic (exact) mass is 362 g/mol. The Morgan fingerprint density at radius 3 is 2.11 bits per heavy atom. The van der Waals surface area contributed by atoms with Crippen molar-refractivity contribution in [2.75, 3.05) is 0 Å². The first-order valence-electron chi connectivity index (χ1n) is 10.4. The third-order valence-corrected chi connectivity index (χ3v) is 6.94. The van der Waals surface area contributed by atoms with Crippen molar-refractivity contribution in [2.45, 2.75) is 32.6 Å². The maximum Gasteiger partial charge on any atom is 0.167 e. The minimum Gasteiger partial charge on any atom is -0.294 e. The molecule has 28 heavy (non-hydrogen) atoms. The fraction of sp³-hybridized carbons (Fsp3) is 0.222. The zero-order valence-corrected chi connectivity index (χ0v) is 16.3. The minimum absolute atomic E-state index is 0.0796. The molecule has 2 atom stereocenters. The molecule has 0 aliphatic heterocycles. The van der Waals surface area contributed by atoms with Gasteiger partial charge in [-0.1, -0.05) is 74.9 Å². The molecule has 1 aliphatic carbocycles. The van der Waals surface area contributed by atoms with Crippen molar-refractivity contribution in [2.24, 2.45) is 5.92 Å². The topological polar surface area (TPSA) is 17.1 Å². The van der Waals surface area contributed by atoms with E-state index in [1.165, 1.54) is 43.3 Å². The van der Waals surface area contributed by atoms with Gasteiger partial charge in [0.2, 0.25) is 0 Å². The van der Waals surface area contributed by atoms with Gasteiger partial charge in [0.05, 0.1) is 0 Å². The van der Waals surface area contributed by atoms with Gasteiger partial charge in [-0.25, -0.2) is 0 Å². The number of hydrogen-bond donors (Lipinski definition) is 0. The first-order valence-corrected chi connectivity index (χ1v) is 10.4. The maximum atomic E-state index is 13.3. The van der Waals surface area contributed by atoms with Crippen molar-refractivity contribution in [3.05, 3.63) is 71.8 Å². The van der Waals surface area contributed by atoms with Crippen LogP contribution in [0.5, 0.6) is 0 Å². The zero-order chi connectivity index (χ0) is 19.0. The van der Waals surface area contributed by atoms with Crippen molar-refractivity contribution < 1.29 is 4.79 Å². The smallest absolute Gasteiger partial charge is 0.167 e. The summed E-state index contributed by atoms with van der Waals surface area (Å²) in [4.78, 5) is 13.3. The van der Waals surface area contributed by atoms with E-state index in [1.54, 1.807) is 0 Å². The molecule has 0 N–H and O–H groups in total. The number of fused-ring (bicyclic) bond motifs is 4. The maximum absolute atomic E-state index is 13.3. The van der Waals surface area contributed by atoms with Gasteiger partial charge >= 0.3 is 0 Å². The summed E-state index contributed by atoms with van der Waals surface area (Å²) >= 11 is 0. The summed E-state index contributed by atoms with van der Waals surface area (Å²) in [5, 5.41) is 10.2. The summed E-state index contributed by atoms with van der Waals surface area (Å²) in [6.45, 7) is 4.34. The van der Waals surface area contributed by atoms with Crippen LogP contribution in [0.2, 0.25) is 0 Å². The standard InChI is InChI=1S/C27H22O/c1-3-7-17-15(2)27(28)26-21-13-6-12-19-18-10-4-8-16-9-5-11-20(24(16)18)23(25(19)21)14-22(17)26/h4-6,8-15,17H,3,7H2,1-2H3/t15-,17+/m0/s1. The fourth-order valence-electron chi connectivity index (χ4n) is 5.70. The third kappa shape index (κ3) is 1.84. The van der Waals surface area contributed by atoms with Crippen LogP contribution < -0.4 is 0 Å². The molecule has 5 aromatic rings. The SMILES string of the molecule is CCC[C@H]1c2cc3c4cccc5cccc(c6cccc(c2C(=O)[C@H]1C)c63)c54. The summed E-state index contributed by atoms with van der Waals surface area (Å²) in [7, 11) is 0. The predicted molar refractivity (Wildman–Crippen MR) is 119 cm³/mol. The molecule has 0 heterocycles. The Morgan fingerprint density at radius 1 is 0.786 bits per heavy atom. The lowest BCUT2D eigenvalue weighted by atomic mass is 9.85. The Morgan fingerprint density at radius 2 is 1.39 bits per heavy atom. The highest BCUT2D eigenvalue weighted by atomic mass is 16.1. The molecule has 1 nitrogen and oxygen atoms in total. The largest absolute Gasteiger partial charge is 0.294 e. The number of carbonyl (C=O) groups excluding carboxylic acids is 1. The van der Waals surface area contributed by atoms with E-state index < -0.39 is 0 Å². The van der Waals surface area contributed by atoms with Gasteiger partial charge in [0, 0.05) is 11.5 Å². The lowest BCUT2D eigenvalue weighted by molar-refractivity contribution is 0.0933. The Balaban J connectivity index is 1.90. The van der Waals surface area contributed by atoms with Gasteiger partial charge in [0.25, 0.3) is 0 Å². The molecule has 5 aromatic carbocycles. The highest BCUT2D eigenvalue weighted by Gasteiger charge is 2.38. The summed E-state index contributed by atoms with van der Waals surface area (Å²) in [6, 6.07) is 22.0. The lowest BCUT2D eigenvalue weighted by Crippen LogP contribution is -2.09. The normalized spacial score (nSPS) is 19.4. The molecule has 0 amide bonds.